The monoisotopic (exact) mass is 546 g/mol. The third kappa shape index (κ3) is 5.55. The molecule has 3 aromatic heterocycles. The summed E-state index contributed by atoms with van der Waals surface area (Å²) in [7, 11) is 0. The van der Waals surface area contributed by atoms with Crippen LogP contribution in [0.3, 0.4) is 0 Å². The first-order valence-corrected chi connectivity index (χ1v) is 15.3. The van der Waals surface area contributed by atoms with Crippen molar-refractivity contribution in [2.75, 3.05) is 17.7 Å². The minimum atomic E-state index is -0.346. The number of carbonyl (C=O) groups excluding carboxylic acids is 2. The molecule has 0 bridgehead atoms. The first-order valence-electron chi connectivity index (χ1n) is 12.6. The average molecular weight is 547 g/mol. The Morgan fingerprint density at radius 2 is 1.97 bits per heavy atom. The molecular weight excluding hydrogens is 513 g/mol. The summed E-state index contributed by atoms with van der Waals surface area (Å²) in [5.74, 6) is 0.517. The number of aryl methyl sites for hydroxylation is 2. The second kappa shape index (κ2) is 11.9. The third-order valence-electron chi connectivity index (χ3n) is 6.37. The van der Waals surface area contributed by atoms with Gasteiger partial charge in [-0.2, -0.15) is 0 Å². The van der Waals surface area contributed by atoms with E-state index in [-0.39, 0.29) is 23.7 Å². The number of thioether (sulfide) groups is 1. The minimum absolute atomic E-state index is 0.147. The molecule has 0 spiro atoms. The Bertz CT molecular complexity index is 1240. The van der Waals surface area contributed by atoms with Gasteiger partial charge in [-0.05, 0) is 70.9 Å². The number of nitrogens with one attached hydrogen (secondary N) is 1. The van der Waals surface area contributed by atoms with E-state index in [1.165, 1.54) is 38.4 Å². The van der Waals surface area contributed by atoms with Gasteiger partial charge in [0.25, 0.3) is 0 Å². The van der Waals surface area contributed by atoms with Gasteiger partial charge in [0.15, 0.2) is 11.0 Å². The lowest BCUT2D eigenvalue weighted by atomic mass is 10.1. The number of hydrogen-bond acceptors (Lipinski definition) is 8. The van der Waals surface area contributed by atoms with Crippen LogP contribution >= 0.6 is 34.4 Å². The van der Waals surface area contributed by atoms with Gasteiger partial charge in [0.05, 0.1) is 17.9 Å². The van der Waals surface area contributed by atoms with Crippen molar-refractivity contribution in [3.8, 4) is 11.4 Å². The number of esters is 1. The zero-order valence-electron chi connectivity index (χ0n) is 21.6. The molecule has 3 aromatic rings. The highest BCUT2D eigenvalue weighted by molar-refractivity contribution is 7.99. The Morgan fingerprint density at radius 3 is 2.69 bits per heavy atom. The van der Waals surface area contributed by atoms with Gasteiger partial charge in [-0.3, -0.25) is 9.36 Å². The molecule has 0 saturated carbocycles. The van der Waals surface area contributed by atoms with Gasteiger partial charge >= 0.3 is 5.97 Å². The topological polar surface area (TPSA) is 86.1 Å². The molecule has 0 saturated heterocycles. The zero-order valence-corrected chi connectivity index (χ0v) is 24.1. The summed E-state index contributed by atoms with van der Waals surface area (Å²) < 4.78 is 7.45. The van der Waals surface area contributed by atoms with Gasteiger partial charge in [-0.15, -0.1) is 32.9 Å². The number of thiophene rings is 2. The Kier molecular flexibility index (Phi) is 8.90. The third-order valence-corrected chi connectivity index (χ3v) is 9.47. The van der Waals surface area contributed by atoms with Crippen molar-refractivity contribution in [3.63, 3.8) is 0 Å². The van der Waals surface area contributed by atoms with Crippen molar-refractivity contribution in [1.82, 2.24) is 14.8 Å². The lowest BCUT2D eigenvalue weighted by Crippen LogP contribution is -2.17. The van der Waals surface area contributed by atoms with Gasteiger partial charge in [0.2, 0.25) is 5.91 Å². The van der Waals surface area contributed by atoms with E-state index in [1.54, 1.807) is 18.3 Å². The van der Waals surface area contributed by atoms with E-state index in [4.69, 9.17) is 4.74 Å². The molecule has 1 aliphatic rings. The van der Waals surface area contributed by atoms with Crippen molar-refractivity contribution >= 4 is 51.3 Å². The van der Waals surface area contributed by atoms with E-state index >= 15 is 0 Å². The first kappa shape index (κ1) is 26.9. The number of anilines is 1. The number of aromatic nitrogens is 3. The van der Waals surface area contributed by atoms with E-state index in [9.17, 15) is 9.59 Å². The van der Waals surface area contributed by atoms with Crippen LogP contribution in [0.2, 0.25) is 0 Å². The van der Waals surface area contributed by atoms with Crippen LogP contribution in [0.1, 0.15) is 84.2 Å². The smallest absolute Gasteiger partial charge is 0.341 e. The number of carbonyl (C=O) groups is 2. The summed E-state index contributed by atoms with van der Waals surface area (Å²) in [6.45, 7) is 10.6. The molecule has 1 N–H and O–H groups in total. The van der Waals surface area contributed by atoms with Crippen LogP contribution in [-0.4, -0.2) is 39.0 Å². The van der Waals surface area contributed by atoms with E-state index in [2.05, 4.69) is 53.2 Å². The standard InChI is InChI=1S/C26H34N4O3S3/c1-6-17-16(5)34-13-19(17)23-28-29-26(30(23)15(3)4)35-14-21(31)27-24-22(25(32)33-7-2)18-11-9-8-10-12-20(18)36-24/h13,15H,6-12,14H2,1-5H3,(H,27,31). The highest BCUT2D eigenvalue weighted by atomic mass is 32.2. The van der Waals surface area contributed by atoms with E-state index in [0.29, 0.717) is 22.3 Å². The van der Waals surface area contributed by atoms with Crippen LogP contribution in [0, 0.1) is 6.92 Å². The quantitative estimate of drug-likeness (QED) is 0.183. The second-order valence-electron chi connectivity index (χ2n) is 9.13. The molecule has 4 rings (SSSR count). The molecule has 194 valence electrons. The van der Waals surface area contributed by atoms with Crippen LogP contribution in [0.4, 0.5) is 5.00 Å². The Morgan fingerprint density at radius 1 is 1.19 bits per heavy atom. The summed E-state index contributed by atoms with van der Waals surface area (Å²) in [5, 5.41) is 15.4. The second-order valence-corrected chi connectivity index (χ2v) is 12.3. The van der Waals surface area contributed by atoms with Crippen molar-refractivity contribution < 1.29 is 14.3 Å². The Labute approximate surface area is 225 Å². The maximum Gasteiger partial charge on any atom is 0.341 e. The summed E-state index contributed by atoms with van der Waals surface area (Å²) in [6, 6.07) is 0.147. The molecule has 36 heavy (non-hydrogen) atoms. The summed E-state index contributed by atoms with van der Waals surface area (Å²) in [6.07, 6.45) is 6.05. The number of rotatable bonds is 9. The van der Waals surface area contributed by atoms with Crippen LogP contribution in [0.25, 0.3) is 11.4 Å². The van der Waals surface area contributed by atoms with Gasteiger partial charge in [-0.1, -0.05) is 25.1 Å². The maximum atomic E-state index is 13.0. The highest BCUT2D eigenvalue weighted by Gasteiger charge is 2.27. The molecule has 7 nitrogen and oxygen atoms in total. The lowest BCUT2D eigenvalue weighted by molar-refractivity contribution is -0.113. The largest absolute Gasteiger partial charge is 0.462 e. The first-order chi connectivity index (χ1) is 17.3. The van der Waals surface area contributed by atoms with Crippen LogP contribution in [0.5, 0.6) is 0 Å². The molecule has 3 heterocycles. The van der Waals surface area contributed by atoms with E-state index in [0.717, 1.165) is 55.5 Å². The molecule has 0 aromatic carbocycles. The predicted molar refractivity (Wildman–Crippen MR) is 149 cm³/mol. The fraction of sp³-hybridized carbons (Fsp3) is 0.538. The number of hydrogen-bond donors (Lipinski definition) is 1. The summed E-state index contributed by atoms with van der Waals surface area (Å²) >= 11 is 4.62. The van der Waals surface area contributed by atoms with Crippen LogP contribution < -0.4 is 5.32 Å². The summed E-state index contributed by atoms with van der Waals surface area (Å²) in [4.78, 5) is 28.3. The van der Waals surface area contributed by atoms with E-state index in [1.807, 2.05) is 0 Å². The molecule has 0 atom stereocenters. The van der Waals surface area contributed by atoms with E-state index < -0.39 is 0 Å². The molecule has 1 aliphatic carbocycles. The SMILES string of the molecule is CCOC(=O)c1c(NC(=O)CSc2nnc(-c3csc(C)c3CC)n2C(C)C)sc2c1CCCCC2. The predicted octanol–water partition coefficient (Wildman–Crippen LogP) is 6.70. The van der Waals surface area contributed by atoms with Crippen LogP contribution in [-0.2, 0) is 28.8 Å². The lowest BCUT2D eigenvalue weighted by Gasteiger charge is -2.14. The van der Waals surface area contributed by atoms with Gasteiger partial charge in [0, 0.05) is 26.7 Å². The summed E-state index contributed by atoms with van der Waals surface area (Å²) in [5.41, 5.74) is 4.02. The van der Waals surface area contributed by atoms with Gasteiger partial charge in [0.1, 0.15) is 5.00 Å². The van der Waals surface area contributed by atoms with Crippen molar-refractivity contribution in [1.29, 1.82) is 0 Å². The van der Waals surface area contributed by atoms with Gasteiger partial charge in [-0.25, -0.2) is 4.79 Å². The Hall–Kier alpha value is -2.17. The molecule has 0 radical (unpaired) electrons. The number of amides is 1. The molecule has 1 amide bonds. The van der Waals surface area contributed by atoms with Gasteiger partial charge < -0.3 is 10.1 Å². The molecule has 0 fully saturated rings. The van der Waals surface area contributed by atoms with Crippen molar-refractivity contribution in [2.45, 2.75) is 84.3 Å². The molecule has 0 aliphatic heterocycles. The number of ether oxygens (including phenoxy) is 1. The minimum Gasteiger partial charge on any atom is -0.462 e. The average Bonchev–Trinajstić information content (AvgIpc) is 3.47. The number of nitrogens with zero attached hydrogens (tertiary/aromatic N) is 3. The zero-order chi connectivity index (χ0) is 25.8. The molecule has 0 unspecified atom stereocenters. The van der Waals surface area contributed by atoms with Crippen molar-refractivity contribution in [3.05, 3.63) is 31.8 Å². The molecular formula is C26H34N4O3S3. The maximum absolute atomic E-state index is 13.0. The normalized spacial score (nSPS) is 13.5. The Balaban J connectivity index is 1.53. The molecule has 10 heteroatoms. The fourth-order valence-electron chi connectivity index (χ4n) is 4.67. The fourth-order valence-corrected chi connectivity index (χ4v) is 7.77. The van der Waals surface area contributed by atoms with Crippen molar-refractivity contribution in [2.24, 2.45) is 0 Å². The number of fused-ring (bicyclic) bond motifs is 1. The highest BCUT2D eigenvalue weighted by Crippen LogP contribution is 2.38. The van der Waals surface area contributed by atoms with Crippen LogP contribution in [0.15, 0.2) is 10.5 Å².